The molecule has 1 fully saturated rings. The van der Waals surface area contributed by atoms with Crippen molar-refractivity contribution in [1.29, 1.82) is 0 Å². The molecule has 0 spiro atoms. The van der Waals surface area contributed by atoms with E-state index in [0.29, 0.717) is 13.0 Å². The van der Waals surface area contributed by atoms with Crippen LogP contribution in [0.4, 0.5) is 0 Å². The van der Waals surface area contributed by atoms with Gasteiger partial charge in [-0.1, -0.05) is 20.8 Å². The Balaban J connectivity index is 1.72. The van der Waals surface area contributed by atoms with Crippen molar-refractivity contribution in [3.63, 3.8) is 0 Å². The number of amides is 1. The summed E-state index contributed by atoms with van der Waals surface area (Å²) in [5.41, 5.74) is 0.911. The predicted octanol–water partition coefficient (Wildman–Crippen LogP) is 2.21. The highest BCUT2D eigenvalue weighted by atomic mass is 32.1. The Morgan fingerprint density at radius 1 is 1.39 bits per heavy atom. The van der Waals surface area contributed by atoms with Crippen molar-refractivity contribution >= 4 is 17.2 Å². The summed E-state index contributed by atoms with van der Waals surface area (Å²) < 4.78 is 5.72. The van der Waals surface area contributed by atoms with Gasteiger partial charge in [0, 0.05) is 37.0 Å². The van der Waals surface area contributed by atoms with E-state index >= 15 is 0 Å². The number of hydrogen-bond donors (Lipinski definition) is 1. The molecule has 1 amide bonds. The van der Waals surface area contributed by atoms with E-state index < -0.39 is 0 Å². The van der Waals surface area contributed by atoms with Gasteiger partial charge in [-0.15, -0.1) is 11.3 Å². The van der Waals surface area contributed by atoms with E-state index in [1.165, 1.54) is 0 Å². The van der Waals surface area contributed by atoms with Crippen LogP contribution in [0.3, 0.4) is 0 Å². The zero-order valence-electron chi connectivity index (χ0n) is 14.9. The maximum absolute atomic E-state index is 12.1. The van der Waals surface area contributed by atoms with Crippen LogP contribution < -0.4 is 5.32 Å². The minimum Gasteiger partial charge on any atom is -0.373 e. The monoisotopic (exact) mass is 339 g/mol. The Morgan fingerprint density at radius 3 is 2.61 bits per heavy atom. The number of rotatable bonds is 5. The molecule has 0 aromatic carbocycles. The summed E-state index contributed by atoms with van der Waals surface area (Å²) >= 11 is 1.63. The molecule has 1 aliphatic rings. The lowest BCUT2D eigenvalue weighted by Crippen LogP contribution is -2.48. The second kappa shape index (κ2) is 7.73. The number of hydrogen-bond acceptors (Lipinski definition) is 5. The van der Waals surface area contributed by atoms with E-state index in [0.717, 1.165) is 30.3 Å². The van der Waals surface area contributed by atoms with Crippen LogP contribution in [0.1, 0.15) is 45.3 Å². The molecule has 2 atom stereocenters. The SMILES string of the molecule is C[C@@H]1CN(CCNC(=O)Cc2csc(C(C)(C)C)n2)C[C@H](C)O1. The second-order valence-corrected chi connectivity index (χ2v) is 8.30. The molecule has 0 radical (unpaired) electrons. The van der Waals surface area contributed by atoms with Gasteiger partial charge in [-0.2, -0.15) is 0 Å². The summed E-state index contributed by atoms with van der Waals surface area (Å²) in [4.78, 5) is 19.0. The summed E-state index contributed by atoms with van der Waals surface area (Å²) in [6.45, 7) is 14.0. The normalized spacial score (nSPS) is 23.0. The number of nitrogens with zero attached hydrogens (tertiary/aromatic N) is 2. The first-order valence-corrected chi connectivity index (χ1v) is 9.21. The van der Waals surface area contributed by atoms with E-state index in [1.807, 2.05) is 5.38 Å². The van der Waals surface area contributed by atoms with Crippen molar-refractivity contribution in [2.45, 2.75) is 58.7 Å². The molecule has 1 N–H and O–H groups in total. The van der Waals surface area contributed by atoms with Gasteiger partial charge in [0.2, 0.25) is 5.91 Å². The Kier molecular flexibility index (Phi) is 6.17. The van der Waals surface area contributed by atoms with Crippen molar-refractivity contribution in [2.75, 3.05) is 26.2 Å². The van der Waals surface area contributed by atoms with Crippen LogP contribution >= 0.6 is 11.3 Å². The third-order valence-electron chi connectivity index (χ3n) is 3.78. The van der Waals surface area contributed by atoms with E-state index in [9.17, 15) is 4.79 Å². The summed E-state index contributed by atoms with van der Waals surface area (Å²) in [6.07, 6.45) is 0.892. The number of nitrogens with one attached hydrogen (secondary N) is 1. The van der Waals surface area contributed by atoms with Gasteiger partial charge in [0.25, 0.3) is 0 Å². The first-order chi connectivity index (χ1) is 10.7. The molecular weight excluding hydrogens is 310 g/mol. The quantitative estimate of drug-likeness (QED) is 0.894. The molecule has 0 bridgehead atoms. The number of carbonyl (C=O) groups is 1. The Hall–Kier alpha value is -0.980. The van der Waals surface area contributed by atoms with Crippen LogP contribution in [-0.4, -0.2) is 54.2 Å². The Morgan fingerprint density at radius 2 is 2.04 bits per heavy atom. The largest absolute Gasteiger partial charge is 0.373 e. The highest BCUT2D eigenvalue weighted by Crippen LogP contribution is 2.25. The van der Waals surface area contributed by atoms with Crippen LogP contribution in [0.15, 0.2) is 5.38 Å². The van der Waals surface area contributed by atoms with Crippen molar-refractivity contribution in [2.24, 2.45) is 0 Å². The van der Waals surface area contributed by atoms with Crippen LogP contribution in [0.2, 0.25) is 0 Å². The fraction of sp³-hybridized carbons (Fsp3) is 0.765. The van der Waals surface area contributed by atoms with Crippen molar-refractivity contribution in [3.05, 3.63) is 16.1 Å². The molecule has 5 nitrogen and oxygen atoms in total. The van der Waals surface area contributed by atoms with Crippen molar-refractivity contribution in [1.82, 2.24) is 15.2 Å². The van der Waals surface area contributed by atoms with Crippen LogP contribution in [0.25, 0.3) is 0 Å². The first kappa shape index (κ1) is 18.4. The second-order valence-electron chi connectivity index (χ2n) is 7.44. The molecule has 6 heteroatoms. The standard InChI is InChI=1S/C17H29N3O2S/c1-12-9-20(10-13(2)22-12)7-6-18-15(21)8-14-11-23-16(19-14)17(3,4)5/h11-13H,6-10H2,1-5H3,(H,18,21)/t12-,13+. The number of aromatic nitrogens is 1. The Labute approximate surface area is 143 Å². The van der Waals surface area contributed by atoms with Crippen molar-refractivity contribution < 1.29 is 9.53 Å². The third-order valence-corrected chi connectivity index (χ3v) is 5.10. The molecule has 1 saturated heterocycles. The van der Waals surface area contributed by atoms with Gasteiger partial charge in [-0.3, -0.25) is 9.69 Å². The molecule has 23 heavy (non-hydrogen) atoms. The molecule has 0 saturated carbocycles. The smallest absolute Gasteiger partial charge is 0.226 e. The zero-order chi connectivity index (χ0) is 17.0. The number of thiazole rings is 1. The van der Waals surface area contributed by atoms with Crippen LogP contribution in [0, 0.1) is 0 Å². The summed E-state index contributed by atoms with van der Waals surface area (Å²) in [7, 11) is 0. The maximum Gasteiger partial charge on any atom is 0.226 e. The summed E-state index contributed by atoms with van der Waals surface area (Å²) in [5.74, 6) is 0.0464. The lowest BCUT2D eigenvalue weighted by molar-refractivity contribution is -0.120. The van der Waals surface area contributed by atoms with Gasteiger partial charge in [-0.05, 0) is 13.8 Å². The van der Waals surface area contributed by atoms with Crippen LogP contribution in [-0.2, 0) is 21.4 Å². The van der Waals surface area contributed by atoms with Gasteiger partial charge in [0.05, 0.1) is 29.3 Å². The highest BCUT2D eigenvalue weighted by Gasteiger charge is 2.22. The van der Waals surface area contributed by atoms with E-state index in [-0.39, 0.29) is 23.5 Å². The molecule has 2 heterocycles. The minimum atomic E-state index is 0.0448. The average molecular weight is 340 g/mol. The highest BCUT2D eigenvalue weighted by molar-refractivity contribution is 7.09. The summed E-state index contributed by atoms with van der Waals surface area (Å²) in [6, 6.07) is 0. The molecule has 0 aliphatic carbocycles. The fourth-order valence-electron chi connectivity index (χ4n) is 2.78. The lowest BCUT2D eigenvalue weighted by atomic mass is 9.98. The minimum absolute atomic E-state index is 0.0448. The van der Waals surface area contributed by atoms with Gasteiger partial charge in [0.1, 0.15) is 0 Å². The van der Waals surface area contributed by atoms with Gasteiger partial charge >= 0.3 is 0 Å². The molecular formula is C17H29N3O2S. The number of carbonyl (C=O) groups excluding carboxylic acids is 1. The predicted molar refractivity (Wildman–Crippen MR) is 94.0 cm³/mol. The number of morpholine rings is 1. The Bertz CT molecular complexity index is 514. The van der Waals surface area contributed by atoms with Crippen LogP contribution in [0.5, 0.6) is 0 Å². The zero-order valence-corrected chi connectivity index (χ0v) is 15.7. The van der Waals surface area contributed by atoms with Crippen molar-refractivity contribution in [3.8, 4) is 0 Å². The van der Waals surface area contributed by atoms with E-state index in [4.69, 9.17) is 4.74 Å². The van der Waals surface area contributed by atoms with Gasteiger partial charge < -0.3 is 10.1 Å². The molecule has 0 unspecified atom stereocenters. The van der Waals surface area contributed by atoms with Gasteiger partial charge in [0.15, 0.2) is 0 Å². The maximum atomic E-state index is 12.1. The molecule has 2 rings (SSSR count). The number of ether oxygens (including phenoxy) is 1. The topological polar surface area (TPSA) is 54.5 Å². The van der Waals surface area contributed by atoms with E-state index in [2.05, 4.69) is 49.8 Å². The third kappa shape index (κ3) is 5.86. The molecule has 1 aliphatic heterocycles. The summed E-state index contributed by atoms with van der Waals surface area (Å²) in [5, 5.41) is 6.07. The van der Waals surface area contributed by atoms with E-state index in [1.54, 1.807) is 11.3 Å². The first-order valence-electron chi connectivity index (χ1n) is 8.33. The van der Waals surface area contributed by atoms with Gasteiger partial charge in [-0.25, -0.2) is 4.98 Å². The molecule has 1 aromatic rings. The average Bonchev–Trinajstić information content (AvgIpc) is 2.85. The fourth-order valence-corrected chi connectivity index (χ4v) is 3.69. The molecule has 130 valence electrons. The molecule has 1 aromatic heterocycles. The lowest BCUT2D eigenvalue weighted by Gasteiger charge is -2.35.